The molecule has 136 valence electrons. The summed E-state index contributed by atoms with van der Waals surface area (Å²) >= 11 is 9.23. The number of aromatic nitrogens is 2. The van der Waals surface area contributed by atoms with Gasteiger partial charge in [0.15, 0.2) is 5.16 Å². The molecular formula is C19H19ClN2O2S2. The molecule has 0 amide bonds. The van der Waals surface area contributed by atoms with Crippen LogP contribution in [0.5, 0.6) is 0 Å². The SMILES string of the molecule is CSc1ccc(CSc2nc3cc(Cl)ccc3c(=O)n2C[C@H](C)O)cc1. The minimum Gasteiger partial charge on any atom is -0.392 e. The maximum atomic E-state index is 12.8. The standard InChI is InChI=1S/C19H19ClN2O2S2/c1-12(23)10-22-18(24)16-8-5-14(20)9-17(16)21-19(22)26-11-13-3-6-15(25-2)7-4-13/h3-9,12,23H,10-11H2,1-2H3/t12-/m0/s1. The summed E-state index contributed by atoms with van der Waals surface area (Å²) in [5, 5.41) is 11.4. The Labute approximate surface area is 165 Å². The van der Waals surface area contributed by atoms with Crippen molar-refractivity contribution in [2.75, 3.05) is 6.26 Å². The third-order valence-corrected chi connectivity index (χ3v) is 5.88. The van der Waals surface area contributed by atoms with Crippen molar-refractivity contribution < 1.29 is 5.11 Å². The fourth-order valence-corrected chi connectivity index (χ4v) is 4.12. The minimum absolute atomic E-state index is 0.159. The van der Waals surface area contributed by atoms with Gasteiger partial charge in [-0.25, -0.2) is 4.98 Å². The van der Waals surface area contributed by atoms with Crippen molar-refractivity contribution in [1.82, 2.24) is 9.55 Å². The molecule has 1 aromatic heterocycles. The topological polar surface area (TPSA) is 55.1 Å². The average molecular weight is 407 g/mol. The summed E-state index contributed by atoms with van der Waals surface area (Å²) in [6, 6.07) is 13.4. The van der Waals surface area contributed by atoms with Gasteiger partial charge in [-0.05, 0) is 49.1 Å². The lowest BCUT2D eigenvalue weighted by Crippen LogP contribution is -2.27. The first-order chi connectivity index (χ1) is 12.5. The van der Waals surface area contributed by atoms with Crippen LogP contribution in [0.25, 0.3) is 10.9 Å². The first-order valence-corrected chi connectivity index (χ1v) is 10.7. The number of benzene rings is 2. The maximum Gasteiger partial charge on any atom is 0.262 e. The van der Waals surface area contributed by atoms with Crippen LogP contribution >= 0.6 is 35.1 Å². The lowest BCUT2D eigenvalue weighted by molar-refractivity contribution is 0.168. The van der Waals surface area contributed by atoms with Crippen LogP contribution in [-0.2, 0) is 12.3 Å². The summed E-state index contributed by atoms with van der Waals surface area (Å²) in [4.78, 5) is 18.7. The molecule has 1 heterocycles. The Morgan fingerprint density at radius 3 is 2.62 bits per heavy atom. The normalized spacial score (nSPS) is 12.5. The molecule has 3 rings (SSSR count). The Bertz CT molecular complexity index is 972. The van der Waals surface area contributed by atoms with Gasteiger partial charge in [0, 0.05) is 15.7 Å². The molecule has 0 bridgehead atoms. The number of nitrogens with zero attached hydrogens (tertiary/aromatic N) is 2. The molecule has 7 heteroatoms. The zero-order chi connectivity index (χ0) is 18.7. The number of thioether (sulfide) groups is 2. The highest BCUT2D eigenvalue weighted by Crippen LogP contribution is 2.25. The van der Waals surface area contributed by atoms with Gasteiger partial charge in [-0.15, -0.1) is 11.8 Å². The van der Waals surface area contributed by atoms with E-state index in [1.807, 2.05) is 6.26 Å². The van der Waals surface area contributed by atoms with E-state index in [1.54, 1.807) is 41.5 Å². The molecule has 26 heavy (non-hydrogen) atoms. The molecule has 1 N–H and O–H groups in total. The van der Waals surface area contributed by atoms with E-state index in [0.29, 0.717) is 26.8 Å². The maximum absolute atomic E-state index is 12.8. The highest BCUT2D eigenvalue weighted by Gasteiger charge is 2.14. The number of halogens is 1. The Morgan fingerprint density at radius 2 is 1.96 bits per heavy atom. The van der Waals surface area contributed by atoms with Crippen LogP contribution in [0.2, 0.25) is 5.02 Å². The van der Waals surface area contributed by atoms with Gasteiger partial charge >= 0.3 is 0 Å². The average Bonchev–Trinajstić information content (AvgIpc) is 2.62. The van der Waals surface area contributed by atoms with Crippen LogP contribution in [-0.4, -0.2) is 27.0 Å². The van der Waals surface area contributed by atoms with Gasteiger partial charge in [0.2, 0.25) is 0 Å². The van der Waals surface area contributed by atoms with E-state index in [1.165, 1.54) is 16.7 Å². The van der Waals surface area contributed by atoms with Crippen LogP contribution in [0.3, 0.4) is 0 Å². The number of aliphatic hydroxyl groups excluding tert-OH is 1. The Balaban J connectivity index is 1.97. The molecular weight excluding hydrogens is 388 g/mol. The van der Waals surface area contributed by atoms with Gasteiger partial charge in [0.1, 0.15) is 0 Å². The number of hydrogen-bond acceptors (Lipinski definition) is 5. The molecule has 0 saturated heterocycles. The van der Waals surface area contributed by atoms with Gasteiger partial charge < -0.3 is 5.11 Å². The molecule has 0 fully saturated rings. The Kier molecular flexibility index (Phi) is 6.29. The minimum atomic E-state index is -0.639. The van der Waals surface area contributed by atoms with Crippen molar-refractivity contribution >= 4 is 46.0 Å². The third kappa shape index (κ3) is 4.43. The van der Waals surface area contributed by atoms with Gasteiger partial charge in [0.25, 0.3) is 5.56 Å². The van der Waals surface area contributed by atoms with Crippen LogP contribution in [0.4, 0.5) is 0 Å². The van der Waals surface area contributed by atoms with Crippen LogP contribution in [0.15, 0.2) is 57.3 Å². The molecule has 0 aliphatic carbocycles. The molecule has 0 saturated carbocycles. The number of rotatable bonds is 6. The van der Waals surface area contributed by atoms with E-state index >= 15 is 0 Å². The van der Waals surface area contributed by atoms with Crippen molar-refractivity contribution in [3.63, 3.8) is 0 Å². The lowest BCUT2D eigenvalue weighted by Gasteiger charge is -2.14. The van der Waals surface area contributed by atoms with E-state index in [4.69, 9.17) is 11.6 Å². The van der Waals surface area contributed by atoms with Crippen LogP contribution in [0.1, 0.15) is 12.5 Å². The zero-order valence-electron chi connectivity index (χ0n) is 14.5. The summed E-state index contributed by atoms with van der Waals surface area (Å²) < 4.78 is 1.54. The molecule has 1 atom stereocenters. The Morgan fingerprint density at radius 1 is 1.23 bits per heavy atom. The fraction of sp³-hybridized carbons (Fsp3) is 0.263. The smallest absolute Gasteiger partial charge is 0.262 e. The summed E-state index contributed by atoms with van der Waals surface area (Å²) in [7, 11) is 0. The third-order valence-electron chi connectivity index (χ3n) is 3.86. The fourth-order valence-electron chi connectivity index (χ4n) is 2.58. The second-order valence-corrected chi connectivity index (χ2v) is 8.22. The monoisotopic (exact) mass is 406 g/mol. The zero-order valence-corrected chi connectivity index (χ0v) is 16.9. The molecule has 0 aliphatic rings. The van der Waals surface area contributed by atoms with Gasteiger partial charge in [-0.1, -0.05) is 35.5 Å². The van der Waals surface area contributed by atoms with E-state index in [-0.39, 0.29) is 12.1 Å². The molecule has 4 nitrogen and oxygen atoms in total. The van der Waals surface area contributed by atoms with E-state index in [2.05, 4.69) is 29.2 Å². The second kappa shape index (κ2) is 8.48. The second-order valence-electron chi connectivity index (χ2n) is 5.96. The lowest BCUT2D eigenvalue weighted by atomic mass is 10.2. The molecule has 0 unspecified atom stereocenters. The summed E-state index contributed by atoms with van der Waals surface area (Å²) in [6.07, 6.45) is 1.40. The van der Waals surface area contributed by atoms with Crippen molar-refractivity contribution in [3.8, 4) is 0 Å². The van der Waals surface area contributed by atoms with E-state index < -0.39 is 6.10 Å². The van der Waals surface area contributed by atoms with Crippen molar-refractivity contribution in [1.29, 1.82) is 0 Å². The van der Waals surface area contributed by atoms with Crippen LogP contribution in [0, 0.1) is 0 Å². The largest absolute Gasteiger partial charge is 0.392 e. The quantitative estimate of drug-likeness (QED) is 0.484. The molecule has 3 aromatic rings. The molecule has 0 spiro atoms. The van der Waals surface area contributed by atoms with Gasteiger partial charge in [-0.2, -0.15) is 0 Å². The number of hydrogen-bond donors (Lipinski definition) is 1. The highest BCUT2D eigenvalue weighted by molar-refractivity contribution is 7.98. The van der Waals surface area contributed by atoms with E-state index in [0.717, 1.165) is 5.56 Å². The first kappa shape index (κ1) is 19.3. The molecule has 0 radical (unpaired) electrons. The molecule has 0 aliphatic heterocycles. The van der Waals surface area contributed by atoms with Gasteiger partial charge in [0.05, 0.1) is 23.6 Å². The summed E-state index contributed by atoms with van der Waals surface area (Å²) in [5.41, 5.74) is 1.56. The van der Waals surface area contributed by atoms with Crippen molar-refractivity contribution in [2.45, 2.75) is 35.4 Å². The van der Waals surface area contributed by atoms with Crippen LogP contribution < -0.4 is 5.56 Å². The van der Waals surface area contributed by atoms with Crippen molar-refractivity contribution in [3.05, 3.63) is 63.4 Å². The summed E-state index contributed by atoms with van der Waals surface area (Å²) in [6.45, 7) is 1.87. The summed E-state index contributed by atoms with van der Waals surface area (Å²) in [5.74, 6) is 0.687. The van der Waals surface area contributed by atoms with Gasteiger partial charge in [-0.3, -0.25) is 9.36 Å². The number of fused-ring (bicyclic) bond motifs is 1. The predicted molar refractivity (Wildman–Crippen MR) is 110 cm³/mol. The van der Waals surface area contributed by atoms with Crippen molar-refractivity contribution in [2.24, 2.45) is 0 Å². The Hall–Kier alpha value is -1.47. The first-order valence-electron chi connectivity index (χ1n) is 8.12. The predicted octanol–water partition coefficient (Wildman–Crippen LogP) is 4.44. The van der Waals surface area contributed by atoms with E-state index in [9.17, 15) is 9.90 Å². The molecule has 2 aromatic carbocycles. The number of aliphatic hydroxyl groups is 1. The highest BCUT2D eigenvalue weighted by atomic mass is 35.5.